The van der Waals surface area contributed by atoms with Gasteiger partial charge in [0.05, 0.1) is 11.9 Å². The number of H-pyrrole nitrogens is 1. The van der Waals surface area contributed by atoms with Gasteiger partial charge in [0.2, 0.25) is 0 Å². The van der Waals surface area contributed by atoms with Crippen molar-refractivity contribution < 1.29 is 10.0 Å². The molecule has 86 valence electrons. The predicted octanol–water partition coefficient (Wildman–Crippen LogP) is 0.556. The first-order valence-electron chi connectivity index (χ1n) is 4.80. The van der Waals surface area contributed by atoms with Crippen LogP contribution in [0.3, 0.4) is 0 Å². The molecule has 1 heterocycles. The van der Waals surface area contributed by atoms with Crippen LogP contribution in [0, 0.1) is 0 Å². The highest BCUT2D eigenvalue weighted by Crippen LogP contribution is 2.15. The van der Waals surface area contributed by atoms with Gasteiger partial charge in [-0.05, 0) is 12.1 Å². The van der Waals surface area contributed by atoms with Crippen molar-refractivity contribution in [3.8, 4) is 11.3 Å². The number of amides is 1. The predicted molar refractivity (Wildman–Crippen MR) is 59.5 cm³/mol. The smallest absolute Gasteiger partial charge is 0.274 e. The molecule has 0 saturated heterocycles. The van der Waals surface area contributed by atoms with Gasteiger partial charge in [0, 0.05) is 17.3 Å². The number of hydrogen-bond acceptors (Lipinski definition) is 4. The number of nitrogens with one attached hydrogen (secondary N) is 2. The molecule has 3 N–H and O–H groups in total. The fourth-order valence-electron chi connectivity index (χ4n) is 1.36. The highest BCUT2D eigenvalue weighted by atomic mass is 16.5. The summed E-state index contributed by atoms with van der Waals surface area (Å²) >= 11 is 0. The maximum absolute atomic E-state index is 11.1. The molecule has 0 atom stereocenters. The molecule has 17 heavy (non-hydrogen) atoms. The first-order chi connectivity index (χ1) is 8.20. The van der Waals surface area contributed by atoms with E-state index < -0.39 is 5.91 Å². The number of rotatable bonds is 2. The summed E-state index contributed by atoms with van der Waals surface area (Å²) in [5.41, 5.74) is 2.96. The van der Waals surface area contributed by atoms with E-state index in [1.165, 1.54) is 12.4 Å². The fourth-order valence-corrected chi connectivity index (χ4v) is 1.36. The molecule has 0 radical (unpaired) electrons. The molecule has 1 aromatic heterocycles. The highest BCUT2D eigenvalue weighted by molar-refractivity contribution is 5.93. The molecule has 2 aromatic rings. The minimum atomic E-state index is -0.578. The summed E-state index contributed by atoms with van der Waals surface area (Å²) < 4.78 is 0. The van der Waals surface area contributed by atoms with Gasteiger partial charge in [-0.2, -0.15) is 0 Å². The second kappa shape index (κ2) is 4.58. The summed E-state index contributed by atoms with van der Waals surface area (Å²) in [6.07, 6.45) is 2.67. The Hall–Kier alpha value is -2.47. The lowest BCUT2D eigenvalue weighted by molar-refractivity contribution is 0.0706. The number of nitrogens with zero attached hydrogens (tertiary/aromatic N) is 1. The molecule has 1 aromatic carbocycles. The number of benzene rings is 1. The van der Waals surface area contributed by atoms with Gasteiger partial charge >= 0.3 is 0 Å². The van der Waals surface area contributed by atoms with Crippen molar-refractivity contribution >= 4 is 5.91 Å². The highest BCUT2D eigenvalue weighted by Gasteiger charge is 2.04. The average molecular weight is 231 g/mol. The molecule has 0 fully saturated rings. The average Bonchev–Trinajstić information content (AvgIpc) is 2.39. The van der Waals surface area contributed by atoms with E-state index >= 15 is 0 Å². The van der Waals surface area contributed by atoms with Gasteiger partial charge < -0.3 is 4.98 Å². The number of aromatic nitrogens is 2. The molecule has 0 saturated carbocycles. The third-order valence-electron chi connectivity index (χ3n) is 2.22. The lowest BCUT2D eigenvalue weighted by atomic mass is 10.1. The zero-order valence-corrected chi connectivity index (χ0v) is 8.68. The van der Waals surface area contributed by atoms with Crippen molar-refractivity contribution in [1.82, 2.24) is 15.4 Å². The minimum absolute atomic E-state index is 0.273. The van der Waals surface area contributed by atoms with Crippen LogP contribution in [0.15, 0.2) is 41.5 Å². The maximum Gasteiger partial charge on any atom is 0.274 e. The molecule has 0 unspecified atom stereocenters. The van der Waals surface area contributed by atoms with Gasteiger partial charge in [-0.25, -0.2) is 10.5 Å². The van der Waals surface area contributed by atoms with Crippen molar-refractivity contribution in [3.63, 3.8) is 0 Å². The SMILES string of the molecule is O=C(NO)c1ccc(-c2c[nH]c(=O)cn2)cc1. The van der Waals surface area contributed by atoms with Crippen LogP contribution in [0.5, 0.6) is 0 Å². The fraction of sp³-hybridized carbons (Fsp3) is 0. The van der Waals surface area contributed by atoms with Crippen molar-refractivity contribution in [1.29, 1.82) is 0 Å². The zero-order valence-electron chi connectivity index (χ0n) is 8.68. The van der Waals surface area contributed by atoms with E-state index in [-0.39, 0.29) is 5.56 Å². The van der Waals surface area contributed by atoms with Gasteiger partial charge in [-0.1, -0.05) is 12.1 Å². The molecule has 1 amide bonds. The van der Waals surface area contributed by atoms with Gasteiger partial charge in [-0.3, -0.25) is 14.8 Å². The summed E-state index contributed by atoms with van der Waals surface area (Å²) in [6.45, 7) is 0. The van der Waals surface area contributed by atoms with Crippen molar-refractivity contribution in [2.75, 3.05) is 0 Å². The van der Waals surface area contributed by atoms with E-state index in [0.717, 1.165) is 5.56 Å². The van der Waals surface area contributed by atoms with Crippen LogP contribution in [-0.2, 0) is 0 Å². The summed E-state index contributed by atoms with van der Waals surface area (Å²) in [5.74, 6) is -0.578. The Bertz CT molecular complexity index is 569. The van der Waals surface area contributed by atoms with Gasteiger partial charge in [0.15, 0.2) is 0 Å². The summed E-state index contributed by atoms with van der Waals surface area (Å²) in [5, 5.41) is 8.45. The van der Waals surface area contributed by atoms with Crippen LogP contribution in [0.1, 0.15) is 10.4 Å². The zero-order chi connectivity index (χ0) is 12.3. The molecule has 0 bridgehead atoms. The first kappa shape index (κ1) is 11.0. The van der Waals surface area contributed by atoms with Crippen molar-refractivity contribution in [3.05, 3.63) is 52.6 Å². The largest absolute Gasteiger partial charge is 0.326 e. The summed E-state index contributed by atoms with van der Waals surface area (Å²) in [7, 11) is 0. The molecule has 0 aliphatic carbocycles. The molecule has 0 aliphatic heterocycles. The van der Waals surface area contributed by atoms with E-state index in [0.29, 0.717) is 11.3 Å². The third kappa shape index (κ3) is 2.37. The normalized spacial score (nSPS) is 9.94. The van der Waals surface area contributed by atoms with Crippen LogP contribution in [0.2, 0.25) is 0 Å². The molecule has 2 rings (SSSR count). The monoisotopic (exact) mass is 231 g/mol. The van der Waals surface area contributed by atoms with Crippen molar-refractivity contribution in [2.45, 2.75) is 0 Å². The Morgan fingerprint density at radius 3 is 2.53 bits per heavy atom. The number of hydrogen-bond donors (Lipinski definition) is 3. The Labute approximate surface area is 95.9 Å². The molecule has 6 nitrogen and oxygen atoms in total. The Kier molecular flexibility index (Phi) is 2.97. The van der Waals surface area contributed by atoms with Crippen LogP contribution >= 0.6 is 0 Å². The van der Waals surface area contributed by atoms with Gasteiger partial charge in [0.1, 0.15) is 0 Å². The standard InChI is InChI=1S/C11H9N3O3/c15-10-6-12-9(5-13-10)7-1-3-8(4-2-7)11(16)14-17/h1-6,17H,(H,13,15)(H,14,16). The molecular weight excluding hydrogens is 222 g/mol. The number of aromatic amines is 1. The van der Waals surface area contributed by atoms with E-state index in [9.17, 15) is 9.59 Å². The van der Waals surface area contributed by atoms with E-state index in [1.807, 2.05) is 0 Å². The number of carbonyl (C=O) groups excluding carboxylic acids is 1. The lowest BCUT2D eigenvalue weighted by Gasteiger charge is -2.01. The Morgan fingerprint density at radius 2 is 2.00 bits per heavy atom. The van der Waals surface area contributed by atoms with Crippen LogP contribution < -0.4 is 11.0 Å². The maximum atomic E-state index is 11.1. The number of carbonyl (C=O) groups is 1. The van der Waals surface area contributed by atoms with Crippen LogP contribution in [0.25, 0.3) is 11.3 Å². The quantitative estimate of drug-likeness (QED) is 0.519. The lowest BCUT2D eigenvalue weighted by Crippen LogP contribution is -2.18. The van der Waals surface area contributed by atoms with Gasteiger partial charge in [0.25, 0.3) is 11.5 Å². The molecule has 6 heteroatoms. The summed E-state index contributed by atoms with van der Waals surface area (Å²) in [6, 6.07) is 6.44. The van der Waals surface area contributed by atoms with Gasteiger partial charge in [-0.15, -0.1) is 0 Å². The first-order valence-corrected chi connectivity index (χ1v) is 4.80. The Balaban J connectivity index is 2.32. The van der Waals surface area contributed by atoms with Crippen LogP contribution in [-0.4, -0.2) is 21.1 Å². The molecule has 0 spiro atoms. The second-order valence-corrected chi connectivity index (χ2v) is 3.31. The third-order valence-corrected chi connectivity index (χ3v) is 2.22. The van der Waals surface area contributed by atoms with Crippen molar-refractivity contribution in [2.24, 2.45) is 0 Å². The molecule has 0 aliphatic rings. The van der Waals surface area contributed by atoms with E-state index in [4.69, 9.17) is 5.21 Å². The minimum Gasteiger partial charge on any atom is -0.326 e. The van der Waals surface area contributed by atoms with E-state index in [1.54, 1.807) is 29.7 Å². The summed E-state index contributed by atoms with van der Waals surface area (Å²) in [4.78, 5) is 28.4. The Morgan fingerprint density at radius 1 is 1.29 bits per heavy atom. The second-order valence-electron chi connectivity index (χ2n) is 3.31. The van der Waals surface area contributed by atoms with Crippen LogP contribution in [0.4, 0.5) is 0 Å². The van der Waals surface area contributed by atoms with E-state index in [2.05, 4.69) is 9.97 Å². The topological polar surface area (TPSA) is 95.1 Å². The molecular formula is C11H9N3O3. The number of hydroxylamine groups is 1.